The Labute approximate surface area is 180 Å². The molecule has 1 amide bonds. The zero-order chi connectivity index (χ0) is 22.3. The van der Waals surface area contributed by atoms with E-state index in [4.69, 9.17) is 9.15 Å². The lowest BCUT2D eigenvalue weighted by atomic mass is 9.98. The number of benzene rings is 2. The zero-order valence-corrected chi connectivity index (χ0v) is 17.8. The van der Waals surface area contributed by atoms with Crippen LogP contribution in [0.1, 0.15) is 34.1 Å². The summed E-state index contributed by atoms with van der Waals surface area (Å²) in [6.07, 6.45) is 1.48. The topological polar surface area (TPSA) is 80.0 Å². The predicted octanol–water partition coefficient (Wildman–Crippen LogP) is 4.84. The van der Waals surface area contributed by atoms with Crippen molar-refractivity contribution in [2.75, 3.05) is 12.0 Å². The summed E-state index contributed by atoms with van der Waals surface area (Å²) in [6.45, 7) is 5.63. The van der Waals surface area contributed by atoms with E-state index in [0.717, 1.165) is 16.7 Å². The Bertz CT molecular complexity index is 1210. The van der Waals surface area contributed by atoms with Crippen LogP contribution < -0.4 is 9.64 Å². The molecule has 4 rings (SSSR count). The van der Waals surface area contributed by atoms with Gasteiger partial charge < -0.3 is 14.3 Å². The van der Waals surface area contributed by atoms with Crippen molar-refractivity contribution in [3.63, 3.8) is 0 Å². The number of aliphatic hydroxyl groups excluding tert-OH is 1. The normalized spacial score (nSPS) is 17.9. The third kappa shape index (κ3) is 3.40. The second-order valence-electron chi connectivity index (χ2n) is 7.66. The molecule has 1 aliphatic rings. The van der Waals surface area contributed by atoms with Crippen LogP contribution in [0.2, 0.25) is 0 Å². The molecule has 0 spiro atoms. The van der Waals surface area contributed by atoms with Crippen molar-refractivity contribution in [3.8, 4) is 5.75 Å². The number of furan rings is 1. The molecule has 1 aliphatic heterocycles. The fraction of sp³-hybridized carbons (Fsp3) is 0.200. The van der Waals surface area contributed by atoms with E-state index in [1.807, 2.05) is 39.0 Å². The molecule has 1 saturated heterocycles. The Kier molecular flexibility index (Phi) is 5.15. The number of rotatable bonds is 4. The number of anilines is 1. The number of carbonyl (C=O) groups is 2. The van der Waals surface area contributed by atoms with Gasteiger partial charge in [0.25, 0.3) is 11.7 Å². The van der Waals surface area contributed by atoms with Crippen LogP contribution >= 0.6 is 0 Å². The quantitative estimate of drug-likeness (QED) is 0.373. The Balaban J connectivity index is 1.94. The number of carbonyl (C=O) groups excluding carboxylic acids is 2. The molecule has 0 bridgehead atoms. The maximum atomic E-state index is 13.2. The van der Waals surface area contributed by atoms with Crippen LogP contribution in [0.3, 0.4) is 0 Å². The van der Waals surface area contributed by atoms with Crippen LogP contribution in [0.5, 0.6) is 5.75 Å². The number of methoxy groups -OCH3 is 1. The van der Waals surface area contributed by atoms with Gasteiger partial charge in [-0.15, -0.1) is 0 Å². The van der Waals surface area contributed by atoms with E-state index < -0.39 is 17.7 Å². The van der Waals surface area contributed by atoms with Gasteiger partial charge in [-0.3, -0.25) is 14.5 Å². The number of aryl methyl sites for hydroxylation is 3. The number of amides is 1. The minimum Gasteiger partial charge on any atom is -0.507 e. The summed E-state index contributed by atoms with van der Waals surface area (Å²) < 4.78 is 10.9. The van der Waals surface area contributed by atoms with Gasteiger partial charge in [-0.2, -0.15) is 0 Å². The number of aliphatic hydroxyl groups is 1. The van der Waals surface area contributed by atoms with Crippen molar-refractivity contribution in [3.05, 3.63) is 88.4 Å². The van der Waals surface area contributed by atoms with E-state index in [2.05, 4.69) is 0 Å². The molecule has 31 heavy (non-hydrogen) atoms. The SMILES string of the molecule is COc1ccc(/C(O)=C2/C(=O)C(=O)N(c3cc(C)ccc3C)C2c2ccco2)cc1C. The lowest BCUT2D eigenvalue weighted by Gasteiger charge is -2.25. The first-order valence-electron chi connectivity index (χ1n) is 9.90. The van der Waals surface area contributed by atoms with E-state index in [1.165, 1.54) is 11.2 Å². The average molecular weight is 417 g/mol. The summed E-state index contributed by atoms with van der Waals surface area (Å²) in [7, 11) is 1.56. The van der Waals surface area contributed by atoms with Gasteiger partial charge in [-0.05, 0) is 73.9 Å². The Morgan fingerprint density at radius 1 is 1.03 bits per heavy atom. The number of Topliss-reactive ketones (excluding diaryl/α,β-unsaturated/α-hetero) is 1. The number of hydrogen-bond donors (Lipinski definition) is 1. The largest absolute Gasteiger partial charge is 0.507 e. The van der Waals surface area contributed by atoms with Crippen LogP contribution in [-0.2, 0) is 9.59 Å². The zero-order valence-electron chi connectivity index (χ0n) is 17.8. The molecule has 1 fully saturated rings. The fourth-order valence-electron chi connectivity index (χ4n) is 3.96. The summed E-state index contributed by atoms with van der Waals surface area (Å²) in [5.41, 5.74) is 3.60. The van der Waals surface area contributed by atoms with Crippen molar-refractivity contribution < 1.29 is 23.8 Å². The van der Waals surface area contributed by atoms with Crippen LogP contribution in [0.4, 0.5) is 5.69 Å². The molecule has 3 aromatic rings. The first-order valence-corrected chi connectivity index (χ1v) is 9.90. The highest BCUT2D eigenvalue weighted by molar-refractivity contribution is 6.51. The molecule has 2 heterocycles. The van der Waals surface area contributed by atoms with Gasteiger partial charge in [0.2, 0.25) is 0 Å². The molecule has 158 valence electrons. The van der Waals surface area contributed by atoms with Crippen molar-refractivity contribution >= 4 is 23.1 Å². The molecule has 1 unspecified atom stereocenters. The van der Waals surface area contributed by atoms with Crippen LogP contribution in [0.25, 0.3) is 5.76 Å². The lowest BCUT2D eigenvalue weighted by molar-refractivity contribution is -0.132. The average Bonchev–Trinajstić information content (AvgIpc) is 3.36. The maximum absolute atomic E-state index is 13.2. The first kappa shape index (κ1) is 20.5. The molecule has 0 aliphatic carbocycles. The molecule has 1 aromatic heterocycles. The minimum atomic E-state index is -0.877. The van der Waals surface area contributed by atoms with Crippen molar-refractivity contribution in [1.82, 2.24) is 0 Å². The number of ketones is 1. The van der Waals surface area contributed by atoms with Gasteiger partial charge in [-0.1, -0.05) is 12.1 Å². The third-order valence-corrected chi connectivity index (χ3v) is 5.55. The molecule has 0 radical (unpaired) electrons. The van der Waals surface area contributed by atoms with Gasteiger partial charge >= 0.3 is 0 Å². The van der Waals surface area contributed by atoms with E-state index in [1.54, 1.807) is 37.4 Å². The predicted molar refractivity (Wildman–Crippen MR) is 117 cm³/mol. The smallest absolute Gasteiger partial charge is 0.300 e. The molecule has 2 aromatic carbocycles. The standard InChI is InChI=1S/C25H23NO5/c1-14-7-8-15(2)18(12-14)26-22(20-6-5-11-31-20)21(24(28)25(26)29)23(27)17-9-10-19(30-4)16(3)13-17/h5-13,22,27H,1-4H3/b23-21-. The number of nitrogens with zero attached hydrogens (tertiary/aromatic N) is 1. The van der Waals surface area contributed by atoms with Gasteiger partial charge in [0, 0.05) is 11.3 Å². The summed E-state index contributed by atoms with van der Waals surface area (Å²) in [6, 6.07) is 13.3. The Hall–Kier alpha value is -3.80. The second kappa shape index (κ2) is 7.80. The molecule has 1 N–H and O–H groups in total. The van der Waals surface area contributed by atoms with Crippen molar-refractivity contribution in [2.45, 2.75) is 26.8 Å². The second-order valence-corrected chi connectivity index (χ2v) is 7.66. The van der Waals surface area contributed by atoms with Crippen LogP contribution in [0, 0.1) is 20.8 Å². The monoisotopic (exact) mass is 417 g/mol. The lowest BCUT2D eigenvalue weighted by Crippen LogP contribution is -2.30. The summed E-state index contributed by atoms with van der Waals surface area (Å²) in [5, 5.41) is 11.2. The summed E-state index contributed by atoms with van der Waals surface area (Å²) in [4.78, 5) is 27.7. The van der Waals surface area contributed by atoms with Crippen molar-refractivity contribution in [1.29, 1.82) is 0 Å². The van der Waals surface area contributed by atoms with E-state index in [0.29, 0.717) is 22.8 Å². The molecule has 1 atom stereocenters. The van der Waals surface area contributed by atoms with E-state index >= 15 is 0 Å². The molecule has 6 nitrogen and oxygen atoms in total. The summed E-state index contributed by atoms with van der Waals surface area (Å²) >= 11 is 0. The highest BCUT2D eigenvalue weighted by Gasteiger charge is 2.48. The van der Waals surface area contributed by atoms with Crippen LogP contribution in [0.15, 0.2) is 64.8 Å². The van der Waals surface area contributed by atoms with Crippen LogP contribution in [-0.4, -0.2) is 23.9 Å². The molecule has 6 heteroatoms. The fourth-order valence-corrected chi connectivity index (χ4v) is 3.96. The molecule has 0 saturated carbocycles. The number of hydrogen-bond acceptors (Lipinski definition) is 5. The van der Waals surface area contributed by atoms with Gasteiger partial charge in [0.1, 0.15) is 23.3 Å². The Morgan fingerprint density at radius 2 is 1.81 bits per heavy atom. The maximum Gasteiger partial charge on any atom is 0.300 e. The highest BCUT2D eigenvalue weighted by atomic mass is 16.5. The van der Waals surface area contributed by atoms with Gasteiger partial charge in [0.15, 0.2) is 0 Å². The van der Waals surface area contributed by atoms with E-state index in [9.17, 15) is 14.7 Å². The molecular formula is C25H23NO5. The summed E-state index contributed by atoms with van der Waals surface area (Å²) in [5.74, 6) is -0.657. The third-order valence-electron chi connectivity index (χ3n) is 5.55. The minimum absolute atomic E-state index is 0.00887. The van der Waals surface area contributed by atoms with Gasteiger partial charge in [-0.25, -0.2) is 0 Å². The molecular weight excluding hydrogens is 394 g/mol. The van der Waals surface area contributed by atoms with E-state index in [-0.39, 0.29) is 11.3 Å². The Morgan fingerprint density at radius 3 is 2.45 bits per heavy atom. The highest BCUT2D eigenvalue weighted by Crippen LogP contribution is 2.43. The van der Waals surface area contributed by atoms with Crippen molar-refractivity contribution in [2.24, 2.45) is 0 Å². The first-order chi connectivity index (χ1) is 14.8. The number of ether oxygens (including phenoxy) is 1. The van der Waals surface area contributed by atoms with Gasteiger partial charge in [0.05, 0.1) is 18.9 Å².